The summed E-state index contributed by atoms with van der Waals surface area (Å²) in [5.41, 5.74) is -0.525. The standard InChI is InChI=1S/C24H31F5O2S2/c1-3-6-21(24(27,28)29)12-15-32-14-11-19(13-17-33(30,31)16-4-2)7-5-8-20-18-22(25)9-10-23(20)26/h3,6,9-10,12,15,18-19H,1,4-5,7-8,11,13-14,16-17H2,2H3/b15-12-,21-6+. The highest BCUT2D eigenvalue weighted by molar-refractivity contribution is 8.02. The Kier molecular flexibility index (Phi) is 13.0. The lowest BCUT2D eigenvalue weighted by Crippen LogP contribution is -2.15. The topological polar surface area (TPSA) is 34.1 Å². The first-order valence-corrected chi connectivity index (χ1v) is 13.7. The quantitative estimate of drug-likeness (QED) is 0.140. The molecular formula is C24H31F5O2S2. The number of sulfone groups is 1. The number of benzene rings is 1. The van der Waals surface area contributed by atoms with E-state index in [1.165, 1.54) is 17.2 Å². The second-order valence-corrected chi connectivity index (χ2v) is 11.1. The summed E-state index contributed by atoms with van der Waals surface area (Å²) in [6.45, 7) is 5.08. The van der Waals surface area contributed by atoms with Crippen LogP contribution in [0.25, 0.3) is 0 Å². The molecule has 9 heteroatoms. The molecule has 2 nitrogen and oxygen atoms in total. The Balaban J connectivity index is 2.67. The minimum Gasteiger partial charge on any atom is -0.229 e. The Morgan fingerprint density at radius 3 is 2.52 bits per heavy atom. The average Bonchev–Trinajstić information content (AvgIpc) is 2.72. The summed E-state index contributed by atoms with van der Waals surface area (Å²) >= 11 is 1.22. The van der Waals surface area contributed by atoms with E-state index in [1.807, 2.05) is 0 Å². The monoisotopic (exact) mass is 510 g/mol. The zero-order chi connectivity index (χ0) is 24.9. The van der Waals surface area contributed by atoms with Crippen LogP contribution in [0.15, 0.2) is 54.0 Å². The summed E-state index contributed by atoms with van der Waals surface area (Å²) in [5.74, 6) is -0.308. The molecule has 0 N–H and O–H groups in total. The fraction of sp³-hybridized carbons (Fsp3) is 0.500. The number of alkyl halides is 3. The second-order valence-electron chi connectivity index (χ2n) is 7.75. The highest BCUT2D eigenvalue weighted by Crippen LogP contribution is 2.28. The van der Waals surface area contributed by atoms with Gasteiger partial charge in [-0.25, -0.2) is 17.2 Å². The Labute approximate surface area is 198 Å². The van der Waals surface area contributed by atoms with E-state index in [0.717, 1.165) is 36.4 Å². The minimum absolute atomic E-state index is 0.0138. The molecule has 33 heavy (non-hydrogen) atoms. The molecule has 1 aromatic rings. The average molecular weight is 511 g/mol. The van der Waals surface area contributed by atoms with E-state index in [-0.39, 0.29) is 23.0 Å². The summed E-state index contributed by atoms with van der Waals surface area (Å²) in [6.07, 6.45) is 1.56. The molecule has 0 radical (unpaired) electrons. The van der Waals surface area contributed by atoms with Gasteiger partial charge in [0, 0.05) is 5.75 Å². The van der Waals surface area contributed by atoms with Gasteiger partial charge in [-0.1, -0.05) is 32.1 Å². The lowest BCUT2D eigenvalue weighted by molar-refractivity contribution is -0.0881. The first-order chi connectivity index (χ1) is 15.5. The van der Waals surface area contributed by atoms with Gasteiger partial charge in [-0.05, 0) is 79.0 Å². The van der Waals surface area contributed by atoms with Gasteiger partial charge < -0.3 is 0 Å². The number of thioether (sulfide) groups is 1. The maximum absolute atomic E-state index is 13.8. The van der Waals surface area contributed by atoms with Crippen LogP contribution in [0.2, 0.25) is 0 Å². The van der Waals surface area contributed by atoms with Gasteiger partial charge in [-0.3, -0.25) is 0 Å². The van der Waals surface area contributed by atoms with E-state index < -0.39 is 33.2 Å². The number of hydrogen-bond acceptors (Lipinski definition) is 3. The van der Waals surface area contributed by atoms with Crippen molar-refractivity contribution in [3.05, 3.63) is 71.2 Å². The van der Waals surface area contributed by atoms with Crippen LogP contribution in [0.5, 0.6) is 0 Å². The van der Waals surface area contributed by atoms with Crippen molar-refractivity contribution >= 4 is 21.6 Å². The molecule has 0 spiro atoms. The number of rotatable bonds is 15. The van der Waals surface area contributed by atoms with Crippen molar-refractivity contribution in [3.63, 3.8) is 0 Å². The lowest BCUT2D eigenvalue weighted by Gasteiger charge is -2.17. The summed E-state index contributed by atoms with van der Waals surface area (Å²) in [4.78, 5) is 0. The molecule has 0 saturated carbocycles. The van der Waals surface area contributed by atoms with E-state index in [2.05, 4.69) is 6.58 Å². The van der Waals surface area contributed by atoms with E-state index in [1.54, 1.807) is 6.92 Å². The predicted octanol–water partition coefficient (Wildman–Crippen LogP) is 7.43. The van der Waals surface area contributed by atoms with Gasteiger partial charge in [0.05, 0.1) is 11.3 Å². The van der Waals surface area contributed by atoms with Crippen LogP contribution < -0.4 is 0 Å². The third kappa shape index (κ3) is 12.4. The van der Waals surface area contributed by atoms with Crippen LogP contribution in [-0.4, -0.2) is 31.9 Å². The first kappa shape index (κ1) is 29.4. The van der Waals surface area contributed by atoms with Gasteiger partial charge >= 0.3 is 6.18 Å². The SMILES string of the molecule is C=C/C=C(\C=C/SCCC(CCCc1cc(F)ccc1F)CCS(=O)(=O)CCC)C(F)(F)F. The van der Waals surface area contributed by atoms with Crippen LogP contribution >= 0.6 is 11.8 Å². The number of halogens is 5. The van der Waals surface area contributed by atoms with Crippen molar-refractivity contribution in [2.24, 2.45) is 5.92 Å². The third-order valence-corrected chi connectivity index (χ3v) is 7.72. The van der Waals surface area contributed by atoms with Gasteiger partial charge in [-0.2, -0.15) is 13.2 Å². The highest BCUT2D eigenvalue weighted by atomic mass is 32.2. The van der Waals surface area contributed by atoms with Crippen molar-refractivity contribution in [1.82, 2.24) is 0 Å². The predicted molar refractivity (Wildman–Crippen MR) is 127 cm³/mol. The third-order valence-electron chi connectivity index (χ3n) is 5.03. The maximum Gasteiger partial charge on any atom is 0.416 e. The van der Waals surface area contributed by atoms with E-state index in [0.29, 0.717) is 44.3 Å². The van der Waals surface area contributed by atoms with Crippen LogP contribution in [0, 0.1) is 17.6 Å². The van der Waals surface area contributed by atoms with Crippen molar-refractivity contribution < 1.29 is 30.4 Å². The van der Waals surface area contributed by atoms with E-state index >= 15 is 0 Å². The summed E-state index contributed by atoms with van der Waals surface area (Å²) < 4.78 is 90.0. The molecule has 1 aromatic carbocycles. The minimum atomic E-state index is -4.46. The fourth-order valence-electron chi connectivity index (χ4n) is 3.30. The Morgan fingerprint density at radius 1 is 1.15 bits per heavy atom. The number of allylic oxidation sites excluding steroid dienone is 4. The largest absolute Gasteiger partial charge is 0.416 e. The van der Waals surface area contributed by atoms with Gasteiger partial charge in [0.2, 0.25) is 0 Å². The Morgan fingerprint density at radius 2 is 1.88 bits per heavy atom. The zero-order valence-corrected chi connectivity index (χ0v) is 20.3. The van der Waals surface area contributed by atoms with Crippen LogP contribution in [0.3, 0.4) is 0 Å². The first-order valence-electron chi connectivity index (χ1n) is 10.8. The smallest absolute Gasteiger partial charge is 0.229 e. The molecule has 0 bridgehead atoms. The van der Waals surface area contributed by atoms with Crippen molar-refractivity contribution in [2.75, 3.05) is 17.3 Å². The number of aryl methyl sites for hydroxylation is 1. The molecule has 0 aromatic heterocycles. The van der Waals surface area contributed by atoms with Crippen LogP contribution in [0.4, 0.5) is 22.0 Å². The van der Waals surface area contributed by atoms with E-state index in [4.69, 9.17) is 0 Å². The molecule has 0 aliphatic rings. The summed E-state index contributed by atoms with van der Waals surface area (Å²) in [5, 5.41) is 1.37. The Bertz CT molecular complexity index is 906. The van der Waals surface area contributed by atoms with Crippen molar-refractivity contribution in [3.8, 4) is 0 Å². The van der Waals surface area contributed by atoms with Gasteiger partial charge in [0.15, 0.2) is 0 Å². The molecule has 186 valence electrons. The molecule has 1 atom stereocenters. The molecule has 1 rings (SSSR count). The molecule has 0 heterocycles. The normalized spacial score (nSPS) is 14.1. The number of hydrogen-bond donors (Lipinski definition) is 0. The zero-order valence-electron chi connectivity index (χ0n) is 18.7. The molecule has 0 fully saturated rings. The van der Waals surface area contributed by atoms with Gasteiger partial charge in [0.25, 0.3) is 0 Å². The van der Waals surface area contributed by atoms with Crippen molar-refractivity contribution in [2.45, 2.75) is 51.6 Å². The lowest BCUT2D eigenvalue weighted by atomic mass is 9.95. The molecular weight excluding hydrogens is 479 g/mol. The van der Waals surface area contributed by atoms with Gasteiger partial charge in [0.1, 0.15) is 21.5 Å². The molecule has 0 amide bonds. The Hall–Kier alpha value is -1.61. The molecule has 0 aliphatic heterocycles. The molecule has 0 saturated heterocycles. The van der Waals surface area contributed by atoms with Crippen molar-refractivity contribution in [1.29, 1.82) is 0 Å². The highest BCUT2D eigenvalue weighted by Gasteiger charge is 2.31. The second kappa shape index (κ2) is 14.6. The van der Waals surface area contributed by atoms with Crippen LogP contribution in [0.1, 0.15) is 44.6 Å². The maximum atomic E-state index is 13.8. The van der Waals surface area contributed by atoms with Crippen LogP contribution in [-0.2, 0) is 16.3 Å². The summed E-state index contributed by atoms with van der Waals surface area (Å²) in [7, 11) is -3.16. The van der Waals surface area contributed by atoms with Gasteiger partial charge in [-0.15, -0.1) is 11.8 Å². The fourth-order valence-corrected chi connectivity index (χ4v) is 5.67. The summed E-state index contributed by atoms with van der Waals surface area (Å²) in [6, 6.07) is 3.30. The molecule has 1 unspecified atom stereocenters. The molecule has 0 aliphatic carbocycles. The van der Waals surface area contributed by atoms with E-state index in [9.17, 15) is 30.4 Å².